The van der Waals surface area contributed by atoms with Crippen molar-refractivity contribution in [3.05, 3.63) is 60.2 Å². The normalized spacial score (nSPS) is 15.9. The van der Waals surface area contributed by atoms with Gasteiger partial charge < -0.3 is 25.6 Å². The number of nitrogens with two attached hydrogens (primary N) is 1. The van der Waals surface area contributed by atoms with Gasteiger partial charge in [-0.15, -0.1) is 0 Å². The maximum atomic E-state index is 13.0. The zero-order valence-electron chi connectivity index (χ0n) is 17.6. The van der Waals surface area contributed by atoms with Crippen molar-refractivity contribution in [2.45, 2.75) is 31.3 Å². The number of rotatable bonds is 7. The number of amides is 3. The maximum absolute atomic E-state index is 13.0. The van der Waals surface area contributed by atoms with Crippen LogP contribution >= 0.6 is 0 Å². The monoisotopic (exact) mass is 410 g/mol. The molecule has 0 radical (unpaired) electrons. The number of nitrogens with zero attached hydrogens (tertiary/aromatic N) is 2. The van der Waals surface area contributed by atoms with Crippen molar-refractivity contribution in [3.8, 4) is 11.5 Å². The molecule has 0 aromatic heterocycles. The molecule has 1 atom stereocenters. The first-order valence-electron chi connectivity index (χ1n) is 10.3. The zero-order chi connectivity index (χ0) is 21.5. The molecular weight excluding hydrogens is 380 g/mol. The Morgan fingerprint density at radius 2 is 1.80 bits per heavy atom. The third-order valence-corrected chi connectivity index (χ3v) is 5.56. The lowest BCUT2D eigenvalue weighted by Gasteiger charge is -2.35. The summed E-state index contributed by atoms with van der Waals surface area (Å²) in [7, 11) is 3.93. The van der Waals surface area contributed by atoms with Crippen molar-refractivity contribution in [2.75, 3.05) is 27.2 Å². The van der Waals surface area contributed by atoms with Gasteiger partial charge in [-0.05, 0) is 62.8 Å². The maximum Gasteiger partial charge on any atom is 0.312 e. The second-order valence-corrected chi connectivity index (χ2v) is 7.79. The Hall–Kier alpha value is -3.06. The van der Waals surface area contributed by atoms with Gasteiger partial charge in [-0.2, -0.15) is 0 Å². The van der Waals surface area contributed by atoms with Gasteiger partial charge in [-0.3, -0.25) is 4.79 Å². The van der Waals surface area contributed by atoms with Crippen LogP contribution in [-0.2, 0) is 4.79 Å². The van der Waals surface area contributed by atoms with Crippen molar-refractivity contribution >= 4 is 11.9 Å². The first-order chi connectivity index (χ1) is 14.4. The van der Waals surface area contributed by atoms with Crippen LogP contribution in [0.25, 0.3) is 0 Å². The summed E-state index contributed by atoms with van der Waals surface area (Å²) >= 11 is 0. The predicted octanol–water partition coefficient (Wildman–Crippen LogP) is 3.13. The van der Waals surface area contributed by atoms with E-state index in [2.05, 4.69) is 17.3 Å². The molecule has 160 valence electrons. The third-order valence-electron chi connectivity index (χ3n) is 5.56. The van der Waals surface area contributed by atoms with Crippen molar-refractivity contribution in [1.82, 2.24) is 15.1 Å². The summed E-state index contributed by atoms with van der Waals surface area (Å²) < 4.78 is 5.89. The summed E-state index contributed by atoms with van der Waals surface area (Å²) in [5.74, 6) is 1.33. The average Bonchev–Trinajstić information content (AvgIpc) is 2.74. The molecule has 3 amide bonds. The van der Waals surface area contributed by atoms with Crippen LogP contribution in [0.1, 0.15) is 30.9 Å². The highest BCUT2D eigenvalue weighted by Crippen LogP contribution is 2.27. The molecule has 1 fully saturated rings. The van der Waals surface area contributed by atoms with Crippen LogP contribution in [0.5, 0.6) is 11.5 Å². The van der Waals surface area contributed by atoms with Crippen LogP contribution in [0.3, 0.4) is 0 Å². The minimum Gasteiger partial charge on any atom is -0.457 e. The number of para-hydroxylation sites is 1. The van der Waals surface area contributed by atoms with Crippen LogP contribution in [0, 0.1) is 0 Å². The van der Waals surface area contributed by atoms with Crippen LogP contribution in [0.4, 0.5) is 4.79 Å². The molecule has 30 heavy (non-hydrogen) atoms. The highest BCUT2D eigenvalue weighted by molar-refractivity contribution is 5.79. The highest BCUT2D eigenvalue weighted by Gasteiger charge is 2.26. The number of ether oxygens (including phenoxy) is 1. The van der Waals surface area contributed by atoms with Crippen molar-refractivity contribution in [3.63, 3.8) is 0 Å². The molecular formula is C23H30N4O3. The van der Waals surface area contributed by atoms with Gasteiger partial charge in [0, 0.05) is 13.1 Å². The number of likely N-dealkylation sites (tertiary alicyclic amines) is 1. The minimum absolute atomic E-state index is 0.0160. The van der Waals surface area contributed by atoms with E-state index in [1.165, 1.54) is 0 Å². The fourth-order valence-corrected chi connectivity index (χ4v) is 3.75. The van der Waals surface area contributed by atoms with Gasteiger partial charge >= 0.3 is 6.03 Å². The molecule has 0 spiro atoms. The molecule has 7 heteroatoms. The summed E-state index contributed by atoms with van der Waals surface area (Å²) in [5.41, 5.74) is 6.16. The first-order valence-corrected chi connectivity index (χ1v) is 10.3. The van der Waals surface area contributed by atoms with E-state index in [0.717, 1.165) is 31.5 Å². The lowest BCUT2D eigenvalue weighted by molar-refractivity contribution is -0.133. The largest absolute Gasteiger partial charge is 0.457 e. The summed E-state index contributed by atoms with van der Waals surface area (Å²) in [6.45, 7) is 1.95. The number of carbonyl (C=O) groups is 2. The number of nitrogens with one attached hydrogen (secondary N) is 1. The molecule has 2 aromatic rings. The van der Waals surface area contributed by atoms with Gasteiger partial charge in [-0.25, -0.2) is 4.79 Å². The standard InChI is InChI=1S/C23H30N4O3/c1-26-13-11-18(12-14-26)27(2)22(28)16-21(25-23(24)29)17-7-6-10-20(15-17)30-19-8-4-3-5-9-19/h3-10,15,18,21H,11-14,16H2,1-2H3,(H3,24,25,29). The zero-order valence-corrected chi connectivity index (χ0v) is 17.6. The molecule has 1 unspecified atom stereocenters. The van der Waals surface area contributed by atoms with Crippen molar-refractivity contribution in [1.29, 1.82) is 0 Å². The van der Waals surface area contributed by atoms with Gasteiger partial charge in [0.15, 0.2) is 0 Å². The Morgan fingerprint density at radius 1 is 1.13 bits per heavy atom. The molecule has 7 nitrogen and oxygen atoms in total. The molecule has 1 heterocycles. The van der Waals surface area contributed by atoms with Gasteiger partial charge in [0.05, 0.1) is 12.5 Å². The number of hydrogen-bond acceptors (Lipinski definition) is 4. The fourth-order valence-electron chi connectivity index (χ4n) is 3.75. The van der Waals surface area contributed by atoms with E-state index >= 15 is 0 Å². The Labute approximate surface area is 177 Å². The topological polar surface area (TPSA) is 87.9 Å². The van der Waals surface area contributed by atoms with Gasteiger partial charge in [0.25, 0.3) is 0 Å². The summed E-state index contributed by atoms with van der Waals surface area (Å²) in [5, 5.41) is 2.71. The lowest BCUT2D eigenvalue weighted by atomic mass is 10.00. The average molecular weight is 411 g/mol. The first kappa shape index (κ1) is 21.6. The minimum atomic E-state index is -0.663. The molecule has 0 bridgehead atoms. The molecule has 1 aliphatic heterocycles. The Bertz CT molecular complexity index is 851. The van der Waals surface area contributed by atoms with E-state index in [4.69, 9.17) is 10.5 Å². The van der Waals surface area contributed by atoms with E-state index in [0.29, 0.717) is 11.5 Å². The summed E-state index contributed by atoms with van der Waals surface area (Å²) in [4.78, 5) is 28.6. The predicted molar refractivity (Wildman–Crippen MR) is 116 cm³/mol. The molecule has 0 aliphatic carbocycles. The molecule has 1 aliphatic rings. The Kier molecular flexibility index (Phi) is 7.30. The number of carbonyl (C=O) groups excluding carboxylic acids is 2. The molecule has 0 saturated carbocycles. The number of piperidine rings is 1. The van der Waals surface area contributed by atoms with Crippen LogP contribution in [-0.4, -0.2) is 55.0 Å². The lowest BCUT2D eigenvalue weighted by Crippen LogP contribution is -2.45. The highest BCUT2D eigenvalue weighted by atomic mass is 16.5. The molecule has 3 rings (SSSR count). The third kappa shape index (κ3) is 5.97. The molecule has 1 saturated heterocycles. The van der Waals surface area contributed by atoms with E-state index < -0.39 is 12.1 Å². The molecule has 3 N–H and O–H groups in total. The fraction of sp³-hybridized carbons (Fsp3) is 0.391. The van der Waals surface area contributed by atoms with E-state index in [1.807, 2.05) is 66.5 Å². The summed E-state index contributed by atoms with van der Waals surface area (Å²) in [6.07, 6.45) is 2.04. The Balaban J connectivity index is 1.71. The van der Waals surface area contributed by atoms with Crippen molar-refractivity contribution in [2.24, 2.45) is 5.73 Å². The van der Waals surface area contributed by atoms with Gasteiger partial charge in [0.2, 0.25) is 5.91 Å². The van der Waals surface area contributed by atoms with E-state index in [9.17, 15) is 9.59 Å². The van der Waals surface area contributed by atoms with Crippen LogP contribution in [0.15, 0.2) is 54.6 Å². The number of hydrogen-bond donors (Lipinski definition) is 2. The smallest absolute Gasteiger partial charge is 0.312 e. The second-order valence-electron chi connectivity index (χ2n) is 7.79. The Morgan fingerprint density at radius 3 is 2.47 bits per heavy atom. The summed E-state index contributed by atoms with van der Waals surface area (Å²) in [6, 6.07) is 15.8. The number of primary amides is 1. The van der Waals surface area contributed by atoms with Crippen LogP contribution < -0.4 is 15.8 Å². The van der Waals surface area contributed by atoms with E-state index in [-0.39, 0.29) is 18.4 Å². The van der Waals surface area contributed by atoms with E-state index in [1.54, 1.807) is 0 Å². The molecule has 2 aromatic carbocycles. The van der Waals surface area contributed by atoms with Gasteiger partial charge in [-0.1, -0.05) is 30.3 Å². The second kappa shape index (κ2) is 10.1. The number of benzene rings is 2. The van der Waals surface area contributed by atoms with Crippen LogP contribution in [0.2, 0.25) is 0 Å². The van der Waals surface area contributed by atoms with Gasteiger partial charge in [0.1, 0.15) is 11.5 Å². The quantitative estimate of drug-likeness (QED) is 0.734. The van der Waals surface area contributed by atoms with Crippen molar-refractivity contribution < 1.29 is 14.3 Å². The number of urea groups is 1. The SMILES string of the molecule is CN1CCC(N(C)C(=O)CC(NC(N)=O)c2cccc(Oc3ccccc3)c2)CC1.